The smallest absolute Gasteiger partial charge is 0.273 e. The van der Waals surface area contributed by atoms with E-state index in [2.05, 4.69) is 34.7 Å². The van der Waals surface area contributed by atoms with Gasteiger partial charge in [-0.1, -0.05) is 29.5 Å². The molecule has 1 aliphatic heterocycles. The number of ether oxygens (including phenoxy) is 1. The molecule has 1 saturated heterocycles. The number of benzene rings is 1. The van der Waals surface area contributed by atoms with Crippen molar-refractivity contribution in [1.29, 1.82) is 0 Å². The van der Waals surface area contributed by atoms with E-state index in [0.717, 1.165) is 12.8 Å². The van der Waals surface area contributed by atoms with Crippen LogP contribution in [0.15, 0.2) is 30.5 Å². The summed E-state index contributed by atoms with van der Waals surface area (Å²) in [7, 11) is 0. The molecule has 1 aromatic heterocycles. The number of nitrogens with zero attached hydrogens (tertiary/aromatic N) is 3. The van der Waals surface area contributed by atoms with Crippen LogP contribution in [0, 0.1) is 6.92 Å². The summed E-state index contributed by atoms with van der Waals surface area (Å²) in [4.78, 5) is 12.4. The number of carbonyl (C=O) groups excluding carboxylic acids is 1. The van der Waals surface area contributed by atoms with Gasteiger partial charge in [-0.25, -0.2) is 4.68 Å². The van der Waals surface area contributed by atoms with Gasteiger partial charge in [0.2, 0.25) is 0 Å². The highest BCUT2D eigenvalue weighted by Gasteiger charge is 2.30. The van der Waals surface area contributed by atoms with Crippen molar-refractivity contribution in [2.45, 2.75) is 51.8 Å². The minimum atomic E-state index is -0.196. The Morgan fingerprint density at radius 2 is 2.21 bits per heavy atom. The first-order valence-electron chi connectivity index (χ1n) is 8.32. The summed E-state index contributed by atoms with van der Waals surface area (Å²) in [6.07, 6.45) is 3.33. The lowest BCUT2D eigenvalue weighted by molar-refractivity contribution is -0.0615. The van der Waals surface area contributed by atoms with E-state index in [9.17, 15) is 4.79 Å². The molecular weight excluding hydrogens is 304 g/mol. The molecule has 1 aliphatic rings. The third-order valence-corrected chi connectivity index (χ3v) is 4.40. The second-order valence-electron chi connectivity index (χ2n) is 7.00. The van der Waals surface area contributed by atoms with Gasteiger partial charge >= 0.3 is 0 Å². The number of hydrogen-bond donors (Lipinski definition) is 1. The highest BCUT2D eigenvalue weighted by Crippen LogP contribution is 2.24. The molecule has 6 heteroatoms. The lowest BCUT2D eigenvalue weighted by atomic mass is 9.94. The van der Waals surface area contributed by atoms with Crippen LogP contribution < -0.4 is 5.32 Å². The summed E-state index contributed by atoms with van der Waals surface area (Å²) in [5.41, 5.74) is 2.52. The summed E-state index contributed by atoms with van der Waals surface area (Å²) in [5, 5.41) is 11.1. The quantitative estimate of drug-likeness (QED) is 0.935. The summed E-state index contributed by atoms with van der Waals surface area (Å²) in [6, 6.07) is 8.24. The molecule has 3 rings (SSSR count). The van der Waals surface area contributed by atoms with Crippen LogP contribution in [0.2, 0.25) is 0 Å². The van der Waals surface area contributed by atoms with Crippen LogP contribution in [-0.4, -0.2) is 39.2 Å². The predicted molar refractivity (Wildman–Crippen MR) is 90.8 cm³/mol. The van der Waals surface area contributed by atoms with Gasteiger partial charge in [0.25, 0.3) is 5.91 Å². The maximum absolute atomic E-state index is 12.4. The van der Waals surface area contributed by atoms with E-state index < -0.39 is 0 Å². The maximum atomic E-state index is 12.4. The first-order chi connectivity index (χ1) is 11.4. The Kier molecular flexibility index (Phi) is 4.66. The van der Waals surface area contributed by atoms with Crippen molar-refractivity contribution in [3.8, 4) is 0 Å². The van der Waals surface area contributed by atoms with Gasteiger partial charge in [-0.15, -0.1) is 5.10 Å². The molecule has 1 atom stereocenters. The Morgan fingerprint density at radius 1 is 1.42 bits per heavy atom. The molecule has 1 aromatic carbocycles. The fourth-order valence-corrected chi connectivity index (χ4v) is 3.06. The number of hydrogen-bond acceptors (Lipinski definition) is 4. The molecular formula is C18H24N4O2. The third kappa shape index (κ3) is 4.00. The van der Waals surface area contributed by atoms with Crippen molar-refractivity contribution in [2.24, 2.45) is 0 Å². The van der Waals surface area contributed by atoms with Crippen LogP contribution >= 0.6 is 0 Å². The highest BCUT2D eigenvalue weighted by atomic mass is 16.5. The molecule has 6 nitrogen and oxygen atoms in total. The average molecular weight is 328 g/mol. The summed E-state index contributed by atoms with van der Waals surface area (Å²) in [6.45, 7) is 7.43. The normalized spacial score (nSPS) is 19.9. The van der Waals surface area contributed by atoms with Crippen molar-refractivity contribution in [3.05, 3.63) is 47.3 Å². The molecule has 0 radical (unpaired) electrons. The van der Waals surface area contributed by atoms with E-state index in [1.807, 2.05) is 26.0 Å². The lowest BCUT2D eigenvalue weighted by Crippen LogP contribution is -2.45. The highest BCUT2D eigenvalue weighted by molar-refractivity contribution is 5.92. The van der Waals surface area contributed by atoms with Crippen LogP contribution in [0.1, 0.15) is 48.3 Å². The van der Waals surface area contributed by atoms with Crippen molar-refractivity contribution in [1.82, 2.24) is 20.3 Å². The van der Waals surface area contributed by atoms with Crippen LogP contribution in [0.4, 0.5) is 0 Å². The van der Waals surface area contributed by atoms with Gasteiger partial charge in [0.1, 0.15) is 0 Å². The Balaban J connectivity index is 1.63. The number of aromatic nitrogens is 3. The summed E-state index contributed by atoms with van der Waals surface area (Å²) < 4.78 is 7.38. The van der Waals surface area contributed by atoms with Crippen LogP contribution in [0.25, 0.3) is 0 Å². The van der Waals surface area contributed by atoms with E-state index in [-0.39, 0.29) is 17.6 Å². The molecule has 1 amide bonds. The lowest BCUT2D eigenvalue weighted by Gasteiger charge is -2.35. The number of amides is 1. The van der Waals surface area contributed by atoms with Gasteiger partial charge in [0.05, 0.1) is 18.3 Å². The van der Waals surface area contributed by atoms with Gasteiger partial charge in [-0.2, -0.15) is 0 Å². The van der Waals surface area contributed by atoms with Crippen molar-refractivity contribution in [2.75, 3.05) is 6.61 Å². The molecule has 0 bridgehead atoms. The van der Waals surface area contributed by atoms with E-state index in [4.69, 9.17) is 4.74 Å². The molecule has 2 aromatic rings. The van der Waals surface area contributed by atoms with Crippen molar-refractivity contribution < 1.29 is 9.53 Å². The fraction of sp³-hybridized carbons (Fsp3) is 0.500. The van der Waals surface area contributed by atoms with Gasteiger partial charge in [0, 0.05) is 12.6 Å². The second-order valence-corrected chi connectivity index (χ2v) is 7.00. The molecule has 1 N–H and O–H groups in total. The topological polar surface area (TPSA) is 69.0 Å². The second kappa shape index (κ2) is 6.73. The van der Waals surface area contributed by atoms with Gasteiger partial charge in [-0.05, 0) is 44.7 Å². The van der Waals surface area contributed by atoms with Gasteiger partial charge in [-0.3, -0.25) is 4.79 Å². The zero-order valence-electron chi connectivity index (χ0n) is 14.5. The Morgan fingerprint density at radius 3 is 2.96 bits per heavy atom. The Hall–Kier alpha value is -2.21. The number of nitrogens with one attached hydrogen (secondary N) is 1. The van der Waals surface area contributed by atoms with Crippen LogP contribution in [-0.2, 0) is 11.3 Å². The van der Waals surface area contributed by atoms with E-state index in [0.29, 0.717) is 18.8 Å². The van der Waals surface area contributed by atoms with E-state index in [1.54, 1.807) is 10.9 Å². The first kappa shape index (κ1) is 16.6. The van der Waals surface area contributed by atoms with Gasteiger partial charge in [0.15, 0.2) is 5.69 Å². The van der Waals surface area contributed by atoms with Crippen molar-refractivity contribution in [3.63, 3.8) is 0 Å². The monoisotopic (exact) mass is 328 g/mol. The minimum Gasteiger partial charge on any atom is -0.375 e. The maximum Gasteiger partial charge on any atom is 0.273 e. The van der Waals surface area contributed by atoms with E-state index in [1.165, 1.54) is 11.1 Å². The molecule has 128 valence electrons. The third-order valence-electron chi connectivity index (χ3n) is 4.40. The molecule has 2 heterocycles. The number of aryl methyl sites for hydroxylation is 1. The first-order valence-corrected chi connectivity index (χ1v) is 8.32. The molecule has 0 aliphatic carbocycles. The van der Waals surface area contributed by atoms with Gasteiger partial charge < -0.3 is 10.1 Å². The summed E-state index contributed by atoms with van der Waals surface area (Å²) >= 11 is 0. The predicted octanol–water partition coefficient (Wildman–Crippen LogP) is 2.32. The standard InChI is InChI=1S/C18H24N4O2/c1-13-6-4-5-7-14(13)11-22-12-16(20-21-22)17(23)19-15-8-9-24-18(2,3)10-15/h4-7,12,15H,8-11H2,1-3H3,(H,19,23). The largest absolute Gasteiger partial charge is 0.375 e. The zero-order valence-corrected chi connectivity index (χ0v) is 14.5. The number of carbonyl (C=O) groups is 1. The molecule has 1 unspecified atom stereocenters. The Labute approximate surface area is 142 Å². The SMILES string of the molecule is Cc1ccccc1Cn1cc(C(=O)NC2CCOC(C)(C)C2)nn1. The zero-order chi connectivity index (χ0) is 17.2. The van der Waals surface area contributed by atoms with Crippen LogP contribution in [0.3, 0.4) is 0 Å². The van der Waals surface area contributed by atoms with Crippen molar-refractivity contribution >= 4 is 5.91 Å². The minimum absolute atomic E-state index is 0.114. The molecule has 24 heavy (non-hydrogen) atoms. The summed E-state index contributed by atoms with van der Waals surface area (Å²) in [5.74, 6) is -0.172. The number of rotatable bonds is 4. The molecule has 0 spiro atoms. The molecule has 0 saturated carbocycles. The van der Waals surface area contributed by atoms with E-state index >= 15 is 0 Å². The Bertz CT molecular complexity index is 723. The van der Waals surface area contributed by atoms with Crippen LogP contribution in [0.5, 0.6) is 0 Å². The molecule has 1 fully saturated rings. The average Bonchev–Trinajstić information content (AvgIpc) is 2.97. The fourth-order valence-electron chi connectivity index (χ4n) is 3.06.